The van der Waals surface area contributed by atoms with E-state index >= 15 is 0 Å². The Morgan fingerprint density at radius 2 is 2.15 bits per heavy atom. The minimum absolute atomic E-state index is 0.147. The van der Waals surface area contributed by atoms with Gasteiger partial charge in [-0.15, -0.1) is 11.6 Å². The number of aromatic nitrogens is 2. The molecule has 1 saturated carbocycles. The second-order valence-corrected chi connectivity index (χ2v) is 6.32. The lowest BCUT2D eigenvalue weighted by molar-refractivity contribution is 0.217. The molecular weight excluding hydrogens is 272 g/mol. The van der Waals surface area contributed by atoms with Crippen molar-refractivity contribution in [2.24, 2.45) is 5.92 Å². The van der Waals surface area contributed by atoms with Crippen LogP contribution in [0.5, 0.6) is 5.75 Å². The maximum absolute atomic E-state index is 6.10. The van der Waals surface area contributed by atoms with Gasteiger partial charge in [0.05, 0.1) is 17.5 Å². The van der Waals surface area contributed by atoms with Gasteiger partial charge in [-0.25, -0.2) is 4.98 Å². The number of halogens is 1. The standard InChI is InChI=1S/C16H21ClN2O/c1-10(2)20-14-6-4-5-13-16(14)18-15(9-17)19(13)12-7-11(3)8-12/h4-6,10-12H,7-9H2,1-3H3. The maximum Gasteiger partial charge on any atom is 0.147 e. The molecule has 0 radical (unpaired) electrons. The Kier molecular flexibility index (Phi) is 3.63. The van der Waals surface area contributed by atoms with Crippen molar-refractivity contribution in [3.05, 3.63) is 24.0 Å². The summed E-state index contributed by atoms with van der Waals surface area (Å²) >= 11 is 6.10. The van der Waals surface area contributed by atoms with E-state index in [2.05, 4.69) is 17.6 Å². The third-order valence-electron chi connectivity index (χ3n) is 3.95. The van der Waals surface area contributed by atoms with Crippen LogP contribution in [0.2, 0.25) is 0 Å². The number of para-hydroxylation sites is 1. The van der Waals surface area contributed by atoms with Gasteiger partial charge >= 0.3 is 0 Å². The summed E-state index contributed by atoms with van der Waals surface area (Å²) in [6.45, 7) is 6.36. The van der Waals surface area contributed by atoms with Crippen LogP contribution in [0.15, 0.2) is 18.2 Å². The van der Waals surface area contributed by atoms with E-state index in [0.717, 1.165) is 28.5 Å². The number of ether oxygens (including phenoxy) is 1. The molecule has 2 aromatic rings. The Bertz CT molecular complexity index is 614. The van der Waals surface area contributed by atoms with Crippen LogP contribution < -0.4 is 4.74 Å². The van der Waals surface area contributed by atoms with Crippen LogP contribution in [0.3, 0.4) is 0 Å². The zero-order chi connectivity index (χ0) is 14.3. The molecule has 1 aromatic carbocycles. The predicted octanol–water partition coefficient (Wildman–Crippen LogP) is 4.53. The molecule has 0 bridgehead atoms. The zero-order valence-corrected chi connectivity index (χ0v) is 13.0. The first-order chi connectivity index (χ1) is 9.60. The summed E-state index contributed by atoms with van der Waals surface area (Å²) in [6, 6.07) is 6.69. The number of nitrogens with zero attached hydrogens (tertiary/aromatic N) is 2. The Labute approximate surface area is 124 Å². The fourth-order valence-corrected chi connectivity index (χ4v) is 3.25. The Hall–Kier alpha value is -1.22. The molecule has 1 aliphatic carbocycles. The van der Waals surface area contributed by atoms with Gasteiger partial charge < -0.3 is 9.30 Å². The van der Waals surface area contributed by atoms with Gasteiger partial charge in [0.1, 0.15) is 17.1 Å². The quantitative estimate of drug-likeness (QED) is 0.774. The number of fused-ring (bicyclic) bond motifs is 1. The minimum Gasteiger partial charge on any atom is -0.489 e. The molecule has 4 heteroatoms. The lowest BCUT2D eigenvalue weighted by Crippen LogP contribution is -2.25. The molecule has 0 N–H and O–H groups in total. The van der Waals surface area contributed by atoms with Crippen LogP contribution in [0.25, 0.3) is 11.0 Å². The molecule has 3 nitrogen and oxygen atoms in total. The Balaban J connectivity index is 2.09. The smallest absolute Gasteiger partial charge is 0.147 e. The van der Waals surface area contributed by atoms with Gasteiger partial charge in [0.2, 0.25) is 0 Å². The van der Waals surface area contributed by atoms with Crippen LogP contribution in [-0.2, 0) is 5.88 Å². The highest BCUT2D eigenvalue weighted by Crippen LogP contribution is 2.41. The third kappa shape index (κ3) is 2.28. The molecule has 3 rings (SSSR count). The van der Waals surface area contributed by atoms with E-state index in [4.69, 9.17) is 21.3 Å². The van der Waals surface area contributed by atoms with E-state index in [1.165, 1.54) is 12.8 Å². The lowest BCUT2D eigenvalue weighted by atomic mass is 9.81. The van der Waals surface area contributed by atoms with Crippen molar-refractivity contribution in [3.8, 4) is 5.75 Å². The fraction of sp³-hybridized carbons (Fsp3) is 0.562. The molecule has 0 amide bonds. The zero-order valence-electron chi connectivity index (χ0n) is 12.3. The van der Waals surface area contributed by atoms with E-state index in [1.807, 2.05) is 26.0 Å². The number of imidazole rings is 1. The molecule has 0 atom stereocenters. The first kappa shape index (κ1) is 13.7. The second kappa shape index (κ2) is 5.28. The first-order valence-electron chi connectivity index (χ1n) is 7.32. The summed E-state index contributed by atoms with van der Waals surface area (Å²) in [7, 11) is 0. The van der Waals surface area contributed by atoms with Crippen LogP contribution in [0.4, 0.5) is 0 Å². The lowest BCUT2D eigenvalue weighted by Gasteiger charge is -2.35. The maximum atomic E-state index is 6.10. The third-order valence-corrected chi connectivity index (χ3v) is 4.19. The molecule has 0 unspecified atom stereocenters. The molecule has 1 heterocycles. The minimum atomic E-state index is 0.147. The molecule has 1 aromatic heterocycles. The van der Waals surface area contributed by atoms with Crippen molar-refractivity contribution >= 4 is 22.6 Å². The van der Waals surface area contributed by atoms with Gasteiger partial charge in [0, 0.05) is 6.04 Å². The number of hydrogen-bond donors (Lipinski definition) is 0. The monoisotopic (exact) mass is 292 g/mol. The molecule has 0 spiro atoms. The summed E-state index contributed by atoms with van der Waals surface area (Å²) in [4.78, 5) is 4.72. The average Bonchev–Trinajstić information content (AvgIpc) is 2.74. The highest BCUT2D eigenvalue weighted by Gasteiger charge is 2.30. The van der Waals surface area contributed by atoms with Crippen molar-refractivity contribution < 1.29 is 4.74 Å². The van der Waals surface area contributed by atoms with Crippen molar-refractivity contribution in [1.29, 1.82) is 0 Å². The topological polar surface area (TPSA) is 27.1 Å². The molecule has 0 saturated heterocycles. The number of rotatable bonds is 4. The number of alkyl halides is 1. The SMILES string of the molecule is CC1CC(n2c(CCl)nc3c(OC(C)C)cccc32)C1. The molecule has 108 valence electrons. The molecule has 0 aliphatic heterocycles. The highest BCUT2D eigenvalue weighted by atomic mass is 35.5. The van der Waals surface area contributed by atoms with Gasteiger partial charge in [-0.05, 0) is 44.7 Å². The summed E-state index contributed by atoms with van der Waals surface area (Å²) in [5, 5.41) is 0. The van der Waals surface area contributed by atoms with E-state index < -0.39 is 0 Å². The molecule has 1 fully saturated rings. The van der Waals surface area contributed by atoms with Crippen molar-refractivity contribution in [3.63, 3.8) is 0 Å². The first-order valence-corrected chi connectivity index (χ1v) is 7.86. The Morgan fingerprint density at radius 1 is 1.40 bits per heavy atom. The van der Waals surface area contributed by atoms with E-state index in [1.54, 1.807) is 0 Å². The van der Waals surface area contributed by atoms with E-state index in [0.29, 0.717) is 11.9 Å². The van der Waals surface area contributed by atoms with Gasteiger partial charge in [-0.1, -0.05) is 13.0 Å². The average molecular weight is 293 g/mol. The van der Waals surface area contributed by atoms with Crippen LogP contribution >= 0.6 is 11.6 Å². The van der Waals surface area contributed by atoms with Gasteiger partial charge in [0.25, 0.3) is 0 Å². The van der Waals surface area contributed by atoms with Crippen molar-refractivity contribution in [2.45, 2.75) is 51.6 Å². The van der Waals surface area contributed by atoms with E-state index in [-0.39, 0.29) is 6.10 Å². The summed E-state index contributed by atoms with van der Waals surface area (Å²) in [6.07, 6.45) is 2.57. The highest BCUT2D eigenvalue weighted by molar-refractivity contribution is 6.16. The summed E-state index contributed by atoms with van der Waals surface area (Å²) < 4.78 is 8.19. The largest absolute Gasteiger partial charge is 0.489 e. The fourth-order valence-electron chi connectivity index (χ4n) is 3.06. The van der Waals surface area contributed by atoms with Crippen molar-refractivity contribution in [2.75, 3.05) is 0 Å². The predicted molar refractivity (Wildman–Crippen MR) is 82.5 cm³/mol. The van der Waals surface area contributed by atoms with Gasteiger partial charge in [-0.3, -0.25) is 0 Å². The van der Waals surface area contributed by atoms with Crippen molar-refractivity contribution in [1.82, 2.24) is 9.55 Å². The van der Waals surface area contributed by atoms with Gasteiger partial charge in [0.15, 0.2) is 0 Å². The summed E-state index contributed by atoms with van der Waals surface area (Å²) in [5.41, 5.74) is 2.09. The van der Waals surface area contributed by atoms with E-state index in [9.17, 15) is 0 Å². The van der Waals surface area contributed by atoms with Crippen LogP contribution in [0.1, 0.15) is 45.5 Å². The normalized spacial score (nSPS) is 22.2. The molecular formula is C16H21ClN2O. The van der Waals surface area contributed by atoms with Crippen LogP contribution in [0, 0.1) is 5.92 Å². The summed E-state index contributed by atoms with van der Waals surface area (Å²) in [5.74, 6) is 3.06. The Morgan fingerprint density at radius 3 is 2.75 bits per heavy atom. The molecule has 1 aliphatic rings. The second-order valence-electron chi connectivity index (χ2n) is 6.05. The van der Waals surface area contributed by atoms with Crippen LogP contribution in [-0.4, -0.2) is 15.7 Å². The molecule has 20 heavy (non-hydrogen) atoms. The number of benzene rings is 1. The van der Waals surface area contributed by atoms with Gasteiger partial charge in [-0.2, -0.15) is 0 Å². The number of hydrogen-bond acceptors (Lipinski definition) is 2.